The number of nitro groups is 1. The second-order valence-corrected chi connectivity index (χ2v) is 3.19. The van der Waals surface area contributed by atoms with E-state index in [9.17, 15) is 23.3 Å². The van der Waals surface area contributed by atoms with E-state index in [0.29, 0.717) is 0 Å². The molecule has 1 aromatic carbocycles. The SMILES string of the molecule is O=[N+]([O-])c1c[nH]c2cc(C(F)(F)F)ccc12. The fourth-order valence-electron chi connectivity index (χ4n) is 1.44. The van der Waals surface area contributed by atoms with E-state index < -0.39 is 16.7 Å². The topological polar surface area (TPSA) is 58.9 Å². The monoisotopic (exact) mass is 230 g/mol. The number of fused-ring (bicyclic) bond motifs is 1. The average molecular weight is 230 g/mol. The molecule has 0 aliphatic heterocycles. The maximum absolute atomic E-state index is 12.3. The molecule has 4 nitrogen and oxygen atoms in total. The molecule has 0 amide bonds. The fraction of sp³-hybridized carbons (Fsp3) is 0.111. The van der Waals surface area contributed by atoms with Crippen molar-refractivity contribution >= 4 is 16.6 Å². The lowest BCUT2D eigenvalue weighted by Gasteiger charge is -2.05. The van der Waals surface area contributed by atoms with Gasteiger partial charge in [0.15, 0.2) is 0 Å². The molecular weight excluding hydrogens is 225 g/mol. The zero-order valence-electron chi connectivity index (χ0n) is 7.71. The van der Waals surface area contributed by atoms with Crippen molar-refractivity contribution in [1.82, 2.24) is 4.98 Å². The minimum atomic E-state index is -4.45. The molecule has 0 unspecified atom stereocenters. The summed E-state index contributed by atoms with van der Waals surface area (Å²) in [6, 6.07) is 2.76. The third kappa shape index (κ3) is 1.60. The number of aromatic amines is 1. The van der Waals surface area contributed by atoms with Crippen LogP contribution in [-0.2, 0) is 6.18 Å². The van der Waals surface area contributed by atoms with Crippen LogP contribution >= 0.6 is 0 Å². The number of H-pyrrole nitrogens is 1. The number of aromatic nitrogens is 1. The van der Waals surface area contributed by atoms with Crippen molar-refractivity contribution in [2.75, 3.05) is 0 Å². The van der Waals surface area contributed by atoms with Gasteiger partial charge in [-0.3, -0.25) is 10.1 Å². The molecule has 0 saturated heterocycles. The maximum atomic E-state index is 12.3. The summed E-state index contributed by atoms with van der Waals surface area (Å²) in [6.07, 6.45) is -3.38. The predicted octanol–water partition coefficient (Wildman–Crippen LogP) is 3.09. The Labute approximate surface area is 86.8 Å². The first kappa shape index (κ1) is 10.5. The van der Waals surface area contributed by atoms with Crippen molar-refractivity contribution < 1.29 is 18.1 Å². The van der Waals surface area contributed by atoms with Crippen molar-refractivity contribution in [2.24, 2.45) is 0 Å². The van der Waals surface area contributed by atoms with Crippen molar-refractivity contribution in [1.29, 1.82) is 0 Å². The van der Waals surface area contributed by atoms with Crippen LogP contribution in [0.4, 0.5) is 18.9 Å². The largest absolute Gasteiger partial charge is 0.416 e. The van der Waals surface area contributed by atoms with Gasteiger partial charge in [0.05, 0.1) is 27.6 Å². The van der Waals surface area contributed by atoms with Crippen molar-refractivity contribution in [3.05, 3.63) is 40.1 Å². The first-order chi connectivity index (χ1) is 7.39. The van der Waals surface area contributed by atoms with Crippen LogP contribution < -0.4 is 0 Å². The molecule has 0 spiro atoms. The summed E-state index contributed by atoms with van der Waals surface area (Å²) >= 11 is 0. The van der Waals surface area contributed by atoms with Gasteiger partial charge in [-0.15, -0.1) is 0 Å². The molecule has 0 aliphatic carbocycles. The summed E-state index contributed by atoms with van der Waals surface area (Å²) in [5, 5.41) is 10.7. The van der Waals surface area contributed by atoms with Crippen LogP contribution in [-0.4, -0.2) is 9.91 Å². The Balaban J connectivity index is 2.62. The molecule has 0 fully saturated rings. The number of nitrogens with one attached hydrogen (secondary N) is 1. The van der Waals surface area contributed by atoms with E-state index >= 15 is 0 Å². The molecule has 0 bridgehead atoms. The summed E-state index contributed by atoms with van der Waals surface area (Å²) in [5.74, 6) is 0. The number of hydrogen-bond donors (Lipinski definition) is 1. The Kier molecular flexibility index (Phi) is 2.11. The van der Waals surface area contributed by atoms with Crippen molar-refractivity contribution in [2.45, 2.75) is 6.18 Å². The smallest absolute Gasteiger partial charge is 0.355 e. The van der Waals surface area contributed by atoms with Crippen LogP contribution in [0.3, 0.4) is 0 Å². The number of halogens is 3. The summed E-state index contributed by atoms with van der Waals surface area (Å²) in [6.45, 7) is 0. The summed E-state index contributed by atoms with van der Waals surface area (Å²) in [7, 11) is 0. The quantitative estimate of drug-likeness (QED) is 0.604. The highest BCUT2D eigenvalue weighted by Crippen LogP contribution is 2.33. The number of benzene rings is 1. The minimum absolute atomic E-state index is 0.0986. The Morgan fingerprint density at radius 2 is 2.00 bits per heavy atom. The Morgan fingerprint density at radius 1 is 1.31 bits per heavy atom. The van der Waals surface area contributed by atoms with Gasteiger partial charge in [0.25, 0.3) is 5.69 Å². The van der Waals surface area contributed by atoms with Crippen LogP contribution in [0.1, 0.15) is 5.56 Å². The van der Waals surface area contributed by atoms with Gasteiger partial charge in [-0.1, -0.05) is 0 Å². The number of hydrogen-bond acceptors (Lipinski definition) is 2. The van der Waals surface area contributed by atoms with Crippen molar-refractivity contribution in [3.63, 3.8) is 0 Å². The minimum Gasteiger partial charge on any atom is -0.355 e. The Bertz CT molecular complexity index is 559. The Hall–Kier alpha value is -2.05. The molecule has 1 aromatic heterocycles. The van der Waals surface area contributed by atoms with Crippen LogP contribution in [0, 0.1) is 10.1 Å². The molecule has 16 heavy (non-hydrogen) atoms. The fourth-order valence-corrected chi connectivity index (χ4v) is 1.44. The van der Waals surface area contributed by atoms with Crippen molar-refractivity contribution in [3.8, 4) is 0 Å². The third-order valence-corrected chi connectivity index (χ3v) is 2.18. The van der Waals surface area contributed by atoms with E-state index in [2.05, 4.69) is 4.98 Å². The molecule has 0 atom stereocenters. The summed E-state index contributed by atoms with van der Waals surface area (Å²) < 4.78 is 37.0. The highest BCUT2D eigenvalue weighted by Gasteiger charge is 2.31. The number of alkyl halides is 3. The van der Waals surface area contributed by atoms with E-state index in [1.54, 1.807) is 0 Å². The Morgan fingerprint density at radius 3 is 2.56 bits per heavy atom. The molecule has 2 rings (SSSR count). The molecule has 1 N–H and O–H groups in total. The van der Waals surface area contributed by atoms with E-state index in [-0.39, 0.29) is 16.6 Å². The number of nitrogens with zero attached hydrogens (tertiary/aromatic N) is 1. The molecule has 0 saturated carbocycles. The molecule has 0 aliphatic rings. The second kappa shape index (κ2) is 3.22. The van der Waals surface area contributed by atoms with Gasteiger partial charge in [-0.25, -0.2) is 0 Å². The first-order valence-corrected chi connectivity index (χ1v) is 4.22. The van der Waals surface area contributed by atoms with Gasteiger partial charge in [0.2, 0.25) is 0 Å². The van der Waals surface area contributed by atoms with Crippen LogP contribution in [0.15, 0.2) is 24.4 Å². The van der Waals surface area contributed by atoms with E-state index in [1.165, 1.54) is 0 Å². The highest BCUT2D eigenvalue weighted by atomic mass is 19.4. The van der Waals surface area contributed by atoms with Gasteiger partial charge in [0, 0.05) is 0 Å². The van der Waals surface area contributed by atoms with Crippen LogP contribution in [0.2, 0.25) is 0 Å². The maximum Gasteiger partial charge on any atom is 0.416 e. The summed E-state index contributed by atoms with van der Waals surface area (Å²) in [5.41, 5.74) is -0.970. The van der Waals surface area contributed by atoms with Gasteiger partial charge in [-0.05, 0) is 18.2 Å². The number of rotatable bonds is 1. The van der Waals surface area contributed by atoms with Gasteiger partial charge in [-0.2, -0.15) is 13.2 Å². The molecule has 2 aromatic rings. The molecular formula is C9H5F3N2O2. The van der Waals surface area contributed by atoms with Gasteiger partial charge in [0.1, 0.15) is 0 Å². The van der Waals surface area contributed by atoms with E-state index in [0.717, 1.165) is 24.4 Å². The highest BCUT2D eigenvalue weighted by molar-refractivity contribution is 5.89. The summed E-state index contributed by atoms with van der Waals surface area (Å²) in [4.78, 5) is 12.3. The second-order valence-electron chi connectivity index (χ2n) is 3.19. The van der Waals surface area contributed by atoms with Crippen LogP contribution in [0.25, 0.3) is 10.9 Å². The third-order valence-electron chi connectivity index (χ3n) is 2.18. The standard InChI is InChI=1S/C9H5F3N2O2/c10-9(11,12)5-1-2-6-7(3-5)13-4-8(6)14(15)16/h1-4,13H. The lowest BCUT2D eigenvalue weighted by atomic mass is 10.1. The van der Waals surface area contributed by atoms with E-state index in [4.69, 9.17) is 0 Å². The molecule has 7 heteroatoms. The van der Waals surface area contributed by atoms with Gasteiger partial charge < -0.3 is 4.98 Å². The molecule has 0 radical (unpaired) electrons. The molecule has 1 heterocycles. The zero-order valence-corrected chi connectivity index (χ0v) is 7.71. The normalized spacial score (nSPS) is 11.9. The first-order valence-electron chi connectivity index (χ1n) is 4.22. The van der Waals surface area contributed by atoms with Gasteiger partial charge >= 0.3 is 6.18 Å². The predicted molar refractivity (Wildman–Crippen MR) is 50.0 cm³/mol. The van der Waals surface area contributed by atoms with E-state index in [1.807, 2.05) is 0 Å². The average Bonchev–Trinajstić information content (AvgIpc) is 2.58. The molecule has 84 valence electrons. The van der Waals surface area contributed by atoms with Crippen LogP contribution in [0.5, 0.6) is 0 Å². The zero-order chi connectivity index (χ0) is 11.9. The lowest BCUT2D eigenvalue weighted by Crippen LogP contribution is -2.04. The lowest BCUT2D eigenvalue weighted by molar-refractivity contribution is -0.383.